The first-order valence-electron chi connectivity index (χ1n) is 9.45. The maximum atomic E-state index is 2.39. The van der Waals surface area contributed by atoms with E-state index in [1.54, 1.807) is 0 Å². The molecule has 1 aliphatic carbocycles. The van der Waals surface area contributed by atoms with E-state index in [1.807, 2.05) is 11.8 Å². The van der Waals surface area contributed by atoms with Crippen LogP contribution in [0.4, 0.5) is 0 Å². The van der Waals surface area contributed by atoms with Gasteiger partial charge < -0.3 is 4.57 Å². The summed E-state index contributed by atoms with van der Waals surface area (Å²) in [7, 11) is 2.18. The minimum atomic E-state index is 0.591. The molecule has 6 rings (SSSR count). The third kappa shape index (κ3) is 2.14. The second-order valence-electron chi connectivity index (χ2n) is 7.38. The smallest absolute Gasteiger partial charge is 0.0568 e. The number of nitrogens with zero attached hydrogens (tertiary/aromatic N) is 1. The first-order chi connectivity index (χ1) is 13.3. The molecular weight excluding hydrogens is 346 g/mol. The maximum absolute atomic E-state index is 2.39. The van der Waals surface area contributed by atoms with Gasteiger partial charge in [0, 0.05) is 39.0 Å². The molecule has 4 aromatic rings. The summed E-state index contributed by atoms with van der Waals surface area (Å²) in [5.74, 6) is 0. The van der Waals surface area contributed by atoms with Crippen LogP contribution in [0.3, 0.4) is 0 Å². The molecule has 0 N–H and O–H groups in total. The lowest BCUT2D eigenvalue weighted by molar-refractivity contribution is 1.01. The van der Waals surface area contributed by atoms with Crippen molar-refractivity contribution in [1.82, 2.24) is 4.57 Å². The van der Waals surface area contributed by atoms with Gasteiger partial charge in [-0.3, -0.25) is 0 Å². The van der Waals surface area contributed by atoms with E-state index < -0.39 is 0 Å². The van der Waals surface area contributed by atoms with Crippen molar-refractivity contribution in [2.45, 2.75) is 16.6 Å². The molecule has 1 aromatic heterocycles. The molecule has 1 aliphatic heterocycles. The summed E-state index contributed by atoms with van der Waals surface area (Å²) in [5, 5.41) is 3.25. The van der Waals surface area contributed by atoms with Crippen LogP contribution >= 0.6 is 11.8 Å². The van der Waals surface area contributed by atoms with Crippen molar-refractivity contribution in [3.63, 3.8) is 0 Å². The largest absolute Gasteiger partial charge is 0.343 e. The normalized spacial score (nSPS) is 18.0. The topological polar surface area (TPSA) is 4.93 Å². The number of hydrogen-bond acceptors (Lipinski definition) is 1. The minimum absolute atomic E-state index is 0.591. The minimum Gasteiger partial charge on any atom is -0.343 e. The van der Waals surface area contributed by atoms with Crippen LogP contribution in [-0.2, 0) is 7.05 Å². The molecule has 1 unspecified atom stereocenters. The highest BCUT2D eigenvalue weighted by Crippen LogP contribution is 2.49. The molecule has 0 fully saturated rings. The Kier molecular flexibility index (Phi) is 3.21. The third-order valence-electron chi connectivity index (χ3n) is 5.91. The summed E-state index contributed by atoms with van der Waals surface area (Å²) in [4.78, 5) is 1.42. The second kappa shape index (κ2) is 5.64. The molecule has 2 heterocycles. The highest BCUT2D eigenvalue weighted by Gasteiger charge is 2.28. The lowest BCUT2D eigenvalue weighted by Crippen LogP contribution is -2.00. The molecule has 130 valence electrons. The molecule has 1 atom stereocenters. The summed E-state index contributed by atoms with van der Waals surface area (Å²) < 4.78 is 2.34. The van der Waals surface area contributed by atoms with Gasteiger partial charge in [-0.2, -0.15) is 0 Å². The van der Waals surface area contributed by atoms with E-state index in [1.165, 1.54) is 49.0 Å². The van der Waals surface area contributed by atoms with Crippen LogP contribution in [0.5, 0.6) is 0 Å². The molecule has 0 amide bonds. The Labute approximate surface area is 163 Å². The predicted octanol–water partition coefficient (Wildman–Crippen LogP) is 6.82. The molecule has 0 bridgehead atoms. The Morgan fingerprint density at radius 2 is 1.81 bits per heavy atom. The Hall–Kier alpha value is -2.71. The molecule has 0 saturated heterocycles. The lowest BCUT2D eigenvalue weighted by atomic mass is 9.95. The van der Waals surface area contributed by atoms with E-state index >= 15 is 0 Å². The zero-order valence-electron chi connectivity index (χ0n) is 15.1. The van der Waals surface area contributed by atoms with Gasteiger partial charge in [-0.25, -0.2) is 0 Å². The fraction of sp³-hybridized carbons (Fsp3) is 0.120. The number of benzene rings is 3. The number of hydrogen-bond donors (Lipinski definition) is 0. The van der Waals surface area contributed by atoms with Crippen LogP contribution in [-0.4, -0.2) is 9.82 Å². The van der Waals surface area contributed by atoms with E-state index in [0.717, 1.165) is 6.42 Å². The number of aromatic nitrogens is 1. The number of aryl methyl sites for hydroxylation is 1. The van der Waals surface area contributed by atoms with Gasteiger partial charge in [0.2, 0.25) is 0 Å². The summed E-state index contributed by atoms with van der Waals surface area (Å²) >= 11 is 2.02. The predicted molar refractivity (Wildman–Crippen MR) is 117 cm³/mol. The van der Waals surface area contributed by atoms with E-state index in [2.05, 4.69) is 90.5 Å². The van der Waals surface area contributed by atoms with Crippen LogP contribution in [0, 0.1) is 0 Å². The van der Waals surface area contributed by atoms with Gasteiger partial charge in [0.05, 0.1) is 5.52 Å². The first-order valence-corrected chi connectivity index (χ1v) is 10.3. The molecule has 2 heteroatoms. The molecule has 0 saturated carbocycles. The highest BCUT2D eigenvalue weighted by molar-refractivity contribution is 8.00. The fourth-order valence-corrected chi connectivity index (χ4v) is 5.99. The van der Waals surface area contributed by atoms with Gasteiger partial charge in [-0.05, 0) is 35.3 Å². The summed E-state index contributed by atoms with van der Waals surface area (Å²) in [6, 6.07) is 22.4. The fourth-order valence-electron chi connectivity index (χ4n) is 4.63. The summed E-state index contributed by atoms with van der Waals surface area (Å²) in [6.45, 7) is 0. The van der Waals surface area contributed by atoms with E-state index in [9.17, 15) is 0 Å². The first kappa shape index (κ1) is 15.4. The van der Waals surface area contributed by atoms with Gasteiger partial charge in [-0.1, -0.05) is 66.8 Å². The Bertz CT molecular complexity index is 1290. The maximum Gasteiger partial charge on any atom is 0.0568 e. The van der Waals surface area contributed by atoms with Crippen molar-refractivity contribution < 1.29 is 0 Å². The number of para-hydroxylation sites is 2. The Morgan fingerprint density at radius 1 is 0.926 bits per heavy atom. The van der Waals surface area contributed by atoms with Crippen LogP contribution in [0.25, 0.3) is 38.5 Å². The van der Waals surface area contributed by atoms with Crippen molar-refractivity contribution in [2.24, 2.45) is 7.05 Å². The Balaban J connectivity index is 1.59. The summed E-state index contributed by atoms with van der Waals surface area (Å²) in [6.07, 6.45) is 7.91. The number of fused-ring (bicyclic) bond motifs is 6. The van der Waals surface area contributed by atoms with Gasteiger partial charge in [0.15, 0.2) is 0 Å². The van der Waals surface area contributed by atoms with Gasteiger partial charge in [0.25, 0.3) is 0 Å². The molecule has 1 nitrogen and oxygen atoms in total. The van der Waals surface area contributed by atoms with Gasteiger partial charge >= 0.3 is 0 Å². The standard InChI is InChI=1S/C25H19NS/c1-26-22-11-4-2-7-18(22)21-10-6-9-17(25(21)26)16-13-14-20-19-8-3-5-12-23(19)27-24(20)15-16/h2-11,13-15,23H,12H2,1H3. The SMILES string of the molecule is Cn1c2ccccc2c2cccc(-c3ccc4c(c3)SC3CC=CC=C43)c21. The lowest BCUT2D eigenvalue weighted by Gasteiger charge is -2.11. The van der Waals surface area contributed by atoms with Crippen LogP contribution < -0.4 is 0 Å². The zero-order valence-corrected chi connectivity index (χ0v) is 16.0. The van der Waals surface area contributed by atoms with Gasteiger partial charge in [-0.15, -0.1) is 11.8 Å². The Morgan fingerprint density at radius 3 is 2.78 bits per heavy atom. The van der Waals surface area contributed by atoms with Crippen molar-refractivity contribution in [1.29, 1.82) is 0 Å². The monoisotopic (exact) mass is 365 g/mol. The number of rotatable bonds is 1. The quantitative estimate of drug-likeness (QED) is 0.358. The second-order valence-corrected chi connectivity index (χ2v) is 8.63. The van der Waals surface area contributed by atoms with E-state index in [-0.39, 0.29) is 0 Å². The highest BCUT2D eigenvalue weighted by atomic mass is 32.2. The average molecular weight is 366 g/mol. The third-order valence-corrected chi connectivity index (χ3v) is 7.23. The van der Waals surface area contributed by atoms with Gasteiger partial charge in [0.1, 0.15) is 0 Å². The van der Waals surface area contributed by atoms with E-state index in [0.29, 0.717) is 5.25 Å². The van der Waals surface area contributed by atoms with Crippen LogP contribution in [0.1, 0.15) is 12.0 Å². The zero-order chi connectivity index (χ0) is 18.0. The molecule has 0 spiro atoms. The molecule has 2 aliphatic rings. The van der Waals surface area contributed by atoms with Crippen molar-refractivity contribution in [3.05, 3.63) is 84.5 Å². The molecule has 27 heavy (non-hydrogen) atoms. The molecule has 3 aromatic carbocycles. The average Bonchev–Trinajstić information content (AvgIpc) is 3.24. The van der Waals surface area contributed by atoms with Crippen molar-refractivity contribution >= 4 is 39.1 Å². The number of thioether (sulfide) groups is 1. The molecular formula is C25H19NS. The van der Waals surface area contributed by atoms with Crippen molar-refractivity contribution in [3.8, 4) is 11.1 Å². The summed E-state index contributed by atoms with van der Waals surface area (Å²) in [5.41, 5.74) is 8.15. The van der Waals surface area contributed by atoms with E-state index in [4.69, 9.17) is 0 Å². The number of allylic oxidation sites excluding steroid dienone is 3. The van der Waals surface area contributed by atoms with Crippen molar-refractivity contribution in [2.75, 3.05) is 0 Å². The van der Waals surface area contributed by atoms with Crippen LogP contribution in [0.2, 0.25) is 0 Å². The van der Waals surface area contributed by atoms with Crippen LogP contribution in [0.15, 0.2) is 83.8 Å². The molecule has 0 radical (unpaired) electrons.